The van der Waals surface area contributed by atoms with E-state index in [1.165, 1.54) is 13.1 Å². The third kappa shape index (κ3) is 9.07. The Balaban J connectivity index is 2.49. The molecule has 10 radical (unpaired) electrons. The summed E-state index contributed by atoms with van der Waals surface area (Å²) in [5.41, 5.74) is -1.25. The van der Waals surface area contributed by atoms with E-state index in [0.29, 0.717) is 23.4 Å². The number of aliphatic hydroxyl groups excluding tert-OH is 1. The summed E-state index contributed by atoms with van der Waals surface area (Å²) in [6.07, 6.45) is -0.508. The highest BCUT2D eigenvalue weighted by atomic mass is 19.1. The van der Waals surface area contributed by atoms with E-state index in [1.807, 2.05) is 20.8 Å². The maximum Gasteiger partial charge on any atom is 0.244 e. The van der Waals surface area contributed by atoms with Gasteiger partial charge in [-0.1, -0.05) is 51.1 Å². The monoisotopic (exact) mass is 622 g/mol. The summed E-state index contributed by atoms with van der Waals surface area (Å²) >= 11 is 0. The zero-order valence-electron chi connectivity index (χ0n) is 27.4. The number of halogens is 1. The summed E-state index contributed by atoms with van der Waals surface area (Å²) in [4.78, 5) is 39.2. The number of carbonyl (C=O) groups excluding carboxylic acids is 3. The van der Waals surface area contributed by atoms with Gasteiger partial charge in [-0.15, -0.1) is 0 Å². The van der Waals surface area contributed by atoms with Gasteiger partial charge in [0, 0.05) is 50.0 Å². The fourth-order valence-electron chi connectivity index (χ4n) is 5.15. The van der Waals surface area contributed by atoms with Gasteiger partial charge in [-0.05, 0) is 52.6 Å². The number of benzene rings is 2. The number of aryl methyl sites for hydroxylation is 1. The summed E-state index contributed by atoms with van der Waals surface area (Å²) in [7, 11) is 31.7. The number of carbonyl (C=O) groups is 3. The molecule has 3 atom stereocenters. The van der Waals surface area contributed by atoms with Crippen molar-refractivity contribution in [3.63, 3.8) is 0 Å². The topological polar surface area (TPSA) is 122 Å². The van der Waals surface area contributed by atoms with Gasteiger partial charge in [-0.3, -0.25) is 9.59 Å². The second-order valence-electron chi connectivity index (χ2n) is 13.0. The second kappa shape index (κ2) is 15.3. The fraction of sp³-hybridized carbons (Fsp3) is 0.516. The number of hydrogen-bond acceptors (Lipinski definition) is 7. The van der Waals surface area contributed by atoms with Gasteiger partial charge in [-0.25, -0.2) is 4.39 Å². The molecule has 46 heavy (non-hydrogen) atoms. The molecule has 0 fully saturated rings. The summed E-state index contributed by atoms with van der Waals surface area (Å²) < 4.78 is 16.1. The second-order valence-corrected chi connectivity index (χ2v) is 13.0. The lowest BCUT2D eigenvalue weighted by atomic mass is 9.40. The Hall–Kier alpha value is -3.02. The predicted octanol–water partition coefficient (Wildman–Crippen LogP) is 0.505. The highest BCUT2D eigenvalue weighted by Crippen LogP contribution is 2.35. The van der Waals surface area contributed by atoms with Crippen molar-refractivity contribution in [3.05, 3.63) is 64.5 Å². The molecule has 2 aromatic rings. The lowest BCUT2D eigenvalue weighted by molar-refractivity contribution is -0.141. The summed E-state index contributed by atoms with van der Waals surface area (Å²) in [6, 6.07) is 7.98. The maximum absolute atomic E-state index is 16.1. The average molecular weight is 622 g/mol. The van der Waals surface area contributed by atoms with Crippen LogP contribution >= 0.6 is 0 Å². The molecule has 2 aromatic carbocycles. The number of hydrogen-bond donors (Lipinski definition) is 4. The van der Waals surface area contributed by atoms with Crippen LogP contribution in [0.1, 0.15) is 49.9 Å². The molecule has 0 aliphatic carbocycles. The highest BCUT2D eigenvalue weighted by Gasteiger charge is 2.49. The predicted molar refractivity (Wildman–Crippen MR) is 181 cm³/mol. The van der Waals surface area contributed by atoms with Crippen molar-refractivity contribution in [2.75, 3.05) is 25.5 Å². The third-order valence-electron chi connectivity index (χ3n) is 7.67. The molecule has 0 aliphatic heterocycles. The van der Waals surface area contributed by atoms with Crippen molar-refractivity contribution in [2.24, 2.45) is 5.41 Å². The first-order valence-corrected chi connectivity index (χ1v) is 14.7. The minimum atomic E-state index is -2.87. The number of anilines is 1. The molecule has 0 aromatic heterocycles. The summed E-state index contributed by atoms with van der Waals surface area (Å²) in [5.74, 6) is -1.57. The molecule has 236 valence electrons. The van der Waals surface area contributed by atoms with Gasteiger partial charge in [0.2, 0.25) is 12.3 Å². The number of likely N-dealkylation sites (N-methyl/N-ethyl adjacent to an activating group) is 1. The van der Waals surface area contributed by atoms with E-state index in [2.05, 4.69) is 10.6 Å². The molecule has 0 aliphatic rings. The van der Waals surface area contributed by atoms with E-state index in [0.717, 1.165) is 4.90 Å². The average Bonchev–Trinajstić information content (AvgIpc) is 2.95. The van der Waals surface area contributed by atoms with Crippen molar-refractivity contribution in [2.45, 2.75) is 75.9 Å². The molecule has 0 spiro atoms. The summed E-state index contributed by atoms with van der Waals surface area (Å²) in [5, 5.41) is 22.2. The quantitative estimate of drug-likeness (QED) is 0.159. The van der Waals surface area contributed by atoms with Crippen LogP contribution in [0.5, 0.6) is 0 Å². The zero-order chi connectivity index (χ0) is 35.3. The molecule has 3 unspecified atom stereocenters. The third-order valence-corrected chi connectivity index (χ3v) is 7.67. The SMILES string of the molecule is [B]C([B])(c1cccc(CNc2cccc(C)c2CN(C=O)C(C(=O)NC)C([B])(O)C([B])([B])C=O)c1F)N(CC(C)O)CC(C)(C)C. The van der Waals surface area contributed by atoms with Crippen molar-refractivity contribution in [1.29, 1.82) is 0 Å². The minimum absolute atomic E-state index is 0.0144. The van der Waals surface area contributed by atoms with Crippen LogP contribution in [-0.2, 0) is 32.8 Å². The zero-order valence-corrected chi connectivity index (χ0v) is 27.4. The van der Waals surface area contributed by atoms with Gasteiger partial charge < -0.3 is 35.4 Å². The Bertz CT molecular complexity index is 1390. The Morgan fingerprint density at radius 3 is 2.20 bits per heavy atom. The maximum atomic E-state index is 16.1. The van der Waals surface area contributed by atoms with E-state index < -0.39 is 39.9 Å². The lowest BCUT2D eigenvalue weighted by Gasteiger charge is -2.46. The first-order valence-electron chi connectivity index (χ1n) is 14.7. The molecule has 2 rings (SSSR count). The van der Waals surface area contributed by atoms with Crippen LogP contribution in [0.3, 0.4) is 0 Å². The van der Waals surface area contributed by atoms with Crippen molar-refractivity contribution in [1.82, 2.24) is 15.1 Å². The van der Waals surface area contributed by atoms with Crippen LogP contribution in [0.15, 0.2) is 36.4 Å². The molecular formula is C31H40B5FN4O5. The number of aldehydes is 1. The number of amides is 2. The van der Waals surface area contributed by atoms with Crippen LogP contribution in [-0.4, -0.2) is 116 Å². The molecule has 0 heterocycles. The van der Waals surface area contributed by atoms with E-state index in [9.17, 15) is 24.6 Å². The minimum Gasteiger partial charge on any atom is -0.398 e. The van der Waals surface area contributed by atoms with Crippen LogP contribution in [0.2, 0.25) is 5.21 Å². The molecule has 2 amide bonds. The normalized spacial score (nSPS) is 15.0. The number of aliphatic hydroxyl groups is 2. The molecule has 0 bridgehead atoms. The highest BCUT2D eigenvalue weighted by molar-refractivity contribution is 6.52. The van der Waals surface area contributed by atoms with Crippen LogP contribution in [0.4, 0.5) is 10.1 Å². The number of nitrogens with one attached hydrogen (secondary N) is 2. The first kappa shape index (κ1) is 39.2. The number of nitrogens with zero attached hydrogens (tertiary/aromatic N) is 2. The first-order chi connectivity index (χ1) is 21.1. The Labute approximate surface area is 278 Å². The molecular weight excluding hydrogens is 581 g/mol. The van der Waals surface area contributed by atoms with Crippen LogP contribution in [0.25, 0.3) is 0 Å². The van der Waals surface area contributed by atoms with Gasteiger partial charge in [0.25, 0.3) is 0 Å². The smallest absolute Gasteiger partial charge is 0.244 e. The van der Waals surface area contributed by atoms with Gasteiger partial charge in [0.05, 0.1) is 37.5 Å². The Kier molecular flexibility index (Phi) is 13.0. The van der Waals surface area contributed by atoms with Gasteiger partial charge >= 0.3 is 0 Å². The van der Waals surface area contributed by atoms with E-state index in [-0.39, 0.29) is 48.9 Å². The van der Waals surface area contributed by atoms with Crippen LogP contribution in [0, 0.1) is 18.2 Å². The Morgan fingerprint density at radius 1 is 1.07 bits per heavy atom. The fourth-order valence-corrected chi connectivity index (χ4v) is 5.15. The standard InChI is InChI=1S/C31H40B5FN4O5/c1-19-9-7-12-24(22(19)15-40(18-43)26(27(45)38-6)30(34,46)29(32,33)17-42)39-13-21-10-8-11-23(25(21)37)31(35,36)41(14-20(2)44)16-28(3,4)5/h7-12,17-18,20,26,39,44,46H,13-16H2,1-6H3,(H,38,45). The Morgan fingerprint density at radius 2 is 1.67 bits per heavy atom. The lowest BCUT2D eigenvalue weighted by Crippen LogP contribution is -2.65. The van der Waals surface area contributed by atoms with Gasteiger partial charge in [0.1, 0.15) is 26.0 Å². The molecule has 0 saturated heterocycles. The van der Waals surface area contributed by atoms with Gasteiger partial charge in [0.15, 0.2) is 0 Å². The van der Waals surface area contributed by atoms with Crippen LogP contribution < -0.4 is 10.6 Å². The van der Waals surface area contributed by atoms with Crippen molar-refractivity contribution < 1.29 is 29.0 Å². The van der Waals surface area contributed by atoms with E-state index in [1.54, 1.807) is 49.1 Å². The summed E-state index contributed by atoms with van der Waals surface area (Å²) in [6.45, 7) is 9.46. The van der Waals surface area contributed by atoms with Crippen molar-refractivity contribution >= 4 is 63.5 Å². The molecule has 9 nitrogen and oxygen atoms in total. The number of rotatable bonds is 16. The van der Waals surface area contributed by atoms with Crippen molar-refractivity contribution in [3.8, 4) is 0 Å². The molecule has 4 N–H and O–H groups in total. The van der Waals surface area contributed by atoms with Gasteiger partial charge in [-0.2, -0.15) is 0 Å². The molecule has 0 saturated carbocycles. The largest absolute Gasteiger partial charge is 0.398 e. The van der Waals surface area contributed by atoms with E-state index in [4.69, 9.17) is 39.2 Å². The van der Waals surface area contributed by atoms with E-state index >= 15 is 4.39 Å². The molecule has 15 heteroatoms.